The number of hydrogen-bond donors (Lipinski definition) is 0. The van der Waals surface area contributed by atoms with Crippen LogP contribution in [0.3, 0.4) is 0 Å². The lowest BCUT2D eigenvalue weighted by molar-refractivity contribution is -0.118. The highest BCUT2D eigenvalue weighted by molar-refractivity contribution is 5.81. The van der Waals surface area contributed by atoms with Gasteiger partial charge < -0.3 is 4.74 Å². The number of hydrogen-bond acceptors (Lipinski definition) is 2. The van der Waals surface area contributed by atoms with Gasteiger partial charge in [0.15, 0.2) is 0 Å². The molecule has 0 aliphatic carbocycles. The second-order valence-corrected chi connectivity index (χ2v) is 5.05. The van der Waals surface area contributed by atoms with Gasteiger partial charge in [-0.1, -0.05) is 42.0 Å². The molecule has 20 heavy (non-hydrogen) atoms. The standard InChI is InChI=1S/C18H20O2/c1-14-4-3-5-16(12-14)13-17(19)9-6-15-7-10-18(20-2)11-8-15/h3-5,7-8,10-12H,6,9,13H2,1-2H3. The molecule has 0 heterocycles. The molecule has 0 spiro atoms. The Morgan fingerprint density at radius 1 is 1.05 bits per heavy atom. The summed E-state index contributed by atoms with van der Waals surface area (Å²) < 4.78 is 5.12. The molecular formula is C18H20O2. The van der Waals surface area contributed by atoms with E-state index in [4.69, 9.17) is 4.74 Å². The third-order valence-corrected chi connectivity index (χ3v) is 3.34. The summed E-state index contributed by atoms with van der Waals surface area (Å²) in [5.41, 5.74) is 3.47. The summed E-state index contributed by atoms with van der Waals surface area (Å²) in [4.78, 5) is 12.0. The number of aryl methyl sites for hydroxylation is 2. The van der Waals surface area contributed by atoms with E-state index < -0.39 is 0 Å². The fourth-order valence-electron chi connectivity index (χ4n) is 2.21. The van der Waals surface area contributed by atoms with Crippen LogP contribution >= 0.6 is 0 Å². The molecule has 0 unspecified atom stereocenters. The molecule has 2 nitrogen and oxygen atoms in total. The molecule has 0 radical (unpaired) electrons. The summed E-state index contributed by atoms with van der Waals surface area (Å²) in [6, 6.07) is 16.0. The van der Waals surface area contributed by atoms with Crippen LogP contribution in [0.5, 0.6) is 5.75 Å². The Bertz CT molecular complexity index is 570. The molecule has 0 saturated carbocycles. The van der Waals surface area contributed by atoms with Crippen LogP contribution in [-0.2, 0) is 17.6 Å². The van der Waals surface area contributed by atoms with Crippen LogP contribution in [0.25, 0.3) is 0 Å². The number of benzene rings is 2. The summed E-state index contributed by atoms with van der Waals surface area (Å²) in [6.45, 7) is 2.05. The molecular weight excluding hydrogens is 248 g/mol. The largest absolute Gasteiger partial charge is 0.497 e. The van der Waals surface area contributed by atoms with E-state index in [-0.39, 0.29) is 5.78 Å². The third kappa shape index (κ3) is 4.23. The number of carbonyl (C=O) groups excluding carboxylic acids is 1. The predicted octanol–water partition coefficient (Wildman–Crippen LogP) is 3.75. The summed E-state index contributed by atoms with van der Waals surface area (Å²) in [5, 5.41) is 0. The van der Waals surface area contributed by atoms with Crippen molar-refractivity contribution in [1.82, 2.24) is 0 Å². The van der Waals surface area contributed by atoms with Gasteiger partial charge in [-0.05, 0) is 36.6 Å². The minimum Gasteiger partial charge on any atom is -0.497 e. The Morgan fingerprint density at radius 3 is 2.45 bits per heavy atom. The van der Waals surface area contributed by atoms with Crippen LogP contribution in [0.15, 0.2) is 48.5 Å². The maximum absolute atomic E-state index is 12.0. The second kappa shape index (κ2) is 6.90. The second-order valence-electron chi connectivity index (χ2n) is 5.05. The fourth-order valence-corrected chi connectivity index (χ4v) is 2.21. The first kappa shape index (κ1) is 14.3. The Morgan fingerprint density at radius 2 is 1.80 bits per heavy atom. The minimum atomic E-state index is 0.284. The highest BCUT2D eigenvalue weighted by Crippen LogP contribution is 2.13. The Kier molecular flexibility index (Phi) is 4.94. The SMILES string of the molecule is COc1ccc(CCC(=O)Cc2cccc(C)c2)cc1. The zero-order valence-corrected chi connectivity index (χ0v) is 12.1. The van der Waals surface area contributed by atoms with Gasteiger partial charge in [-0.25, -0.2) is 0 Å². The van der Waals surface area contributed by atoms with Gasteiger partial charge in [-0.2, -0.15) is 0 Å². The highest BCUT2D eigenvalue weighted by atomic mass is 16.5. The molecule has 0 fully saturated rings. The van der Waals surface area contributed by atoms with Crippen molar-refractivity contribution in [2.45, 2.75) is 26.2 Å². The van der Waals surface area contributed by atoms with Crippen molar-refractivity contribution in [2.75, 3.05) is 7.11 Å². The van der Waals surface area contributed by atoms with Gasteiger partial charge in [0, 0.05) is 12.8 Å². The third-order valence-electron chi connectivity index (χ3n) is 3.34. The fraction of sp³-hybridized carbons (Fsp3) is 0.278. The smallest absolute Gasteiger partial charge is 0.137 e. The lowest BCUT2D eigenvalue weighted by atomic mass is 10.0. The van der Waals surface area contributed by atoms with E-state index in [9.17, 15) is 4.79 Å². The summed E-state index contributed by atoms with van der Waals surface area (Å²) in [7, 11) is 1.65. The van der Waals surface area contributed by atoms with Crippen molar-refractivity contribution < 1.29 is 9.53 Å². The van der Waals surface area contributed by atoms with E-state index in [1.165, 1.54) is 11.1 Å². The van der Waals surface area contributed by atoms with Gasteiger partial charge in [-0.3, -0.25) is 4.79 Å². The number of carbonyl (C=O) groups is 1. The summed E-state index contributed by atoms with van der Waals surface area (Å²) in [6.07, 6.45) is 1.90. The molecule has 2 aromatic carbocycles. The maximum atomic E-state index is 12.0. The molecule has 0 N–H and O–H groups in total. The monoisotopic (exact) mass is 268 g/mol. The minimum absolute atomic E-state index is 0.284. The van der Waals surface area contributed by atoms with Gasteiger partial charge in [0.05, 0.1) is 7.11 Å². The first-order chi connectivity index (χ1) is 9.67. The number of rotatable bonds is 6. The van der Waals surface area contributed by atoms with Gasteiger partial charge in [-0.15, -0.1) is 0 Å². The molecule has 0 amide bonds. The van der Waals surface area contributed by atoms with Crippen LogP contribution in [0.4, 0.5) is 0 Å². The number of ketones is 1. The number of Topliss-reactive ketones (excluding diaryl/α,β-unsaturated/α-hetero) is 1. The van der Waals surface area contributed by atoms with E-state index in [0.29, 0.717) is 12.8 Å². The zero-order chi connectivity index (χ0) is 14.4. The Hall–Kier alpha value is -2.09. The zero-order valence-electron chi connectivity index (χ0n) is 12.1. The number of methoxy groups -OCH3 is 1. The van der Waals surface area contributed by atoms with Crippen LogP contribution in [0, 0.1) is 6.92 Å². The normalized spacial score (nSPS) is 10.3. The van der Waals surface area contributed by atoms with E-state index in [1.807, 2.05) is 49.4 Å². The molecule has 2 heteroatoms. The van der Waals surface area contributed by atoms with Crippen molar-refractivity contribution in [3.63, 3.8) is 0 Å². The van der Waals surface area contributed by atoms with E-state index >= 15 is 0 Å². The van der Waals surface area contributed by atoms with Crippen LogP contribution in [0.1, 0.15) is 23.1 Å². The average Bonchev–Trinajstić information content (AvgIpc) is 2.46. The average molecular weight is 268 g/mol. The molecule has 2 rings (SSSR count). The first-order valence-corrected chi connectivity index (χ1v) is 6.87. The number of ether oxygens (including phenoxy) is 1. The van der Waals surface area contributed by atoms with Crippen LogP contribution < -0.4 is 4.74 Å². The quantitative estimate of drug-likeness (QED) is 0.797. The molecule has 0 bridgehead atoms. The van der Waals surface area contributed by atoms with Gasteiger partial charge in [0.2, 0.25) is 0 Å². The Balaban J connectivity index is 1.85. The van der Waals surface area contributed by atoms with Gasteiger partial charge in [0.1, 0.15) is 11.5 Å². The summed E-state index contributed by atoms with van der Waals surface area (Å²) in [5.74, 6) is 1.13. The van der Waals surface area contributed by atoms with Crippen molar-refractivity contribution in [3.05, 3.63) is 65.2 Å². The van der Waals surface area contributed by atoms with Crippen molar-refractivity contribution >= 4 is 5.78 Å². The van der Waals surface area contributed by atoms with Crippen LogP contribution in [0.2, 0.25) is 0 Å². The van der Waals surface area contributed by atoms with Crippen LogP contribution in [-0.4, -0.2) is 12.9 Å². The van der Waals surface area contributed by atoms with Gasteiger partial charge in [0.25, 0.3) is 0 Å². The molecule has 0 atom stereocenters. The van der Waals surface area contributed by atoms with E-state index in [1.54, 1.807) is 7.11 Å². The molecule has 0 aromatic heterocycles. The summed E-state index contributed by atoms with van der Waals surface area (Å²) >= 11 is 0. The van der Waals surface area contributed by atoms with E-state index in [0.717, 1.165) is 17.7 Å². The van der Waals surface area contributed by atoms with Crippen molar-refractivity contribution in [3.8, 4) is 5.75 Å². The lowest BCUT2D eigenvalue weighted by Gasteiger charge is -2.04. The first-order valence-electron chi connectivity index (χ1n) is 6.87. The molecule has 2 aromatic rings. The maximum Gasteiger partial charge on any atom is 0.137 e. The topological polar surface area (TPSA) is 26.3 Å². The molecule has 0 aliphatic rings. The van der Waals surface area contributed by atoms with Crippen molar-refractivity contribution in [2.24, 2.45) is 0 Å². The Labute approximate surface area is 120 Å². The molecule has 104 valence electrons. The lowest BCUT2D eigenvalue weighted by Crippen LogP contribution is -2.04. The molecule has 0 saturated heterocycles. The van der Waals surface area contributed by atoms with Crippen molar-refractivity contribution in [1.29, 1.82) is 0 Å². The highest BCUT2D eigenvalue weighted by Gasteiger charge is 2.05. The van der Waals surface area contributed by atoms with Gasteiger partial charge >= 0.3 is 0 Å². The van der Waals surface area contributed by atoms with E-state index in [2.05, 4.69) is 6.07 Å². The molecule has 0 aliphatic heterocycles. The predicted molar refractivity (Wildman–Crippen MR) is 81.2 cm³/mol.